The van der Waals surface area contributed by atoms with E-state index in [4.69, 9.17) is 0 Å². The number of nitrogens with zero attached hydrogens (tertiary/aromatic N) is 1. The Balaban J connectivity index is 2.10. The fourth-order valence-electron chi connectivity index (χ4n) is 3.13. The molecule has 6 nitrogen and oxygen atoms in total. The normalized spacial score (nSPS) is 16.6. The van der Waals surface area contributed by atoms with Crippen LogP contribution in [0.4, 0.5) is 15.8 Å². The summed E-state index contributed by atoms with van der Waals surface area (Å²) in [6, 6.07) is 10.9. The van der Waals surface area contributed by atoms with Gasteiger partial charge in [-0.15, -0.1) is 0 Å². The van der Waals surface area contributed by atoms with Crippen molar-refractivity contribution in [2.75, 3.05) is 10.2 Å². The Morgan fingerprint density at radius 3 is 2.26 bits per heavy atom. The monoisotopic (exact) mass is 368 g/mol. The molecular weight excluding hydrogens is 351 g/mol. The number of aliphatic hydroxyl groups is 1. The highest BCUT2D eigenvalue weighted by Gasteiger charge is 2.44. The third-order valence-corrected chi connectivity index (χ3v) is 4.25. The van der Waals surface area contributed by atoms with Crippen LogP contribution in [0.3, 0.4) is 0 Å². The number of nitrogens with one attached hydrogen (secondary N) is 1. The topological polar surface area (TPSA) is 86.7 Å². The predicted molar refractivity (Wildman–Crippen MR) is 97.7 cm³/mol. The molecule has 1 unspecified atom stereocenters. The smallest absolute Gasteiger partial charge is 0.294 e. The van der Waals surface area contributed by atoms with Crippen molar-refractivity contribution in [3.05, 3.63) is 71.2 Å². The fraction of sp³-hybridized carbons (Fsp3) is 0.150. The molecule has 1 atom stereocenters. The third kappa shape index (κ3) is 3.31. The summed E-state index contributed by atoms with van der Waals surface area (Å²) in [6.07, 6.45) is 0. The van der Waals surface area contributed by atoms with Gasteiger partial charge in [0.15, 0.2) is 11.5 Å². The lowest BCUT2D eigenvalue weighted by atomic mass is 9.96. The summed E-state index contributed by atoms with van der Waals surface area (Å²) < 4.78 is 14.4. The Morgan fingerprint density at radius 1 is 1.07 bits per heavy atom. The number of hydrogen-bond acceptors (Lipinski definition) is 4. The Kier molecular flexibility index (Phi) is 4.77. The van der Waals surface area contributed by atoms with Crippen LogP contribution in [0.1, 0.15) is 25.5 Å². The molecule has 1 heterocycles. The Labute approximate surface area is 154 Å². The number of benzene rings is 2. The highest BCUT2D eigenvalue weighted by molar-refractivity contribution is 6.16. The molecule has 2 aromatic rings. The third-order valence-electron chi connectivity index (χ3n) is 4.25. The molecule has 7 heteroatoms. The molecule has 0 saturated carbocycles. The summed E-state index contributed by atoms with van der Waals surface area (Å²) in [5.74, 6) is -2.85. The Hall–Kier alpha value is -3.48. The highest BCUT2D eigenvalue weighted by Crippen LogP contribution is 2.41. The Morgan fingerprint density at radius 2 is 1.70 bits per heavy atom. The molecule has 2 aromatic carbocycles. The number of carbonyl (C=O) groups is 3. The van der Waals surface area contributed by atoms with Gasteiger partial charge in [0.2, 0.25) is 5.91 Å². The summed E-state index contributed by atoms with van der Waals surface area (Å²) in [4.78, 5) is 37.1. The van der Waals surface area contributed by atoms with Gasteiger partial charge in [0.1, 0.15) is 5.82 Å². The quantitative estimate of drug-likeness (QED) is 0.867. The molecule has 0 saturated heterocycles. The summed E-state index contributed by atoms with van der Waals surface area (Å²) in [5, 5.41) is 12.8. The van der Waals surface area contributed by atoms with E-state index in [9.17, 15) is 23.9 Å². The zero-order chi connectivity index (χ0) is 19.7. The summed E-state index contributed by atoms with van der Waals surface area (Å²) >= 11 is 0. The number of carbonyl (C=O) groups excluding carboxylic acids is 3. The van der Waals surface area contributed by atoms with E-state index >= 15 is 0 Å². The number of ketones is 1. The van der Waals surface area contributed by atoms with Crippen molar-refractivity contribution < 1.29 is 23.9 Å². The van der Waals surface area contributed by atoms with Crippen LogP contribution in [-0.4, -0.2) is 22.7 Å². The van der Waals surface area contributed by atoms with Gasteiger partial charge in [-0.2, -0.15) is 0 Å². The van der Waals surface area contributed by atoms with Crippen molar-refractivity contribution in [2.24, 2.45) is 0 Å². The molecule has 3 rings (SSSR count). The van der Waals surface area contributed by atoms with E-state index in [0.29, 0.717) is 11.4 Å². The minimum atomic E-state index is -1.08. The first kappa shape index (κ1) is 18.3. The van der Waals surface area contributed by atoms with Crippen LogP contribution in [-0.2, 0) is 14.4 Å². The minimum absolute atomic E-state index is 0.103. The van der Waals surface area contributed by atoms with Crippen LogP contribution in [0.15, 0.2) is 59.9 Å². The van der Waals surface area contributed by atoms with Crippen molar-refractivity contribution in [3.8, 4) is 0 Å². The van der Waals surface area contributed by atoms with E-state index in [1.54, 1.807) is 30.3 Å². The average Bonchev–Trinajstić information content (AvgIpc) is 2.87. The molecule has 1 aliphatic heterocycles. The summed E-state index contributed by atoms with van der Waals surface area (Å²) in [6.45, 7) is 2.59. The summed E-state index contributed by atoms with van der Waals surface area (Å²) in [7, 11) is 0. The first-order valence-electron chi connectivity index (χ1n) is 8.21. The second-order valence-corrected chi connectivity index (χ2v) is 6.15. The SMILES string of the molecule is CC(=O)Nc1ccc(N2C(=O)C(O)=C(C(C)=O)C2c2ccccc2F)cc1. The molecule has 2 amide bonds. The van der Waals surface area contributed by atoms with Crippen molar-refractivity contribution in [1.82, 2.24) is 0 Å². The maximum absolute atomic E-state index is 14.4. The van der Waals surface area contributed by atoms with Crippen LogP contribution >= 0.6 is 0 Å². The molecule has 0 spiro atoms. The van der Waals surface area contributed by atoms with Crippen molar-refractivity contribution in [1.29, 1.82) is 0 Å². The van der Waals surface area contributed by atoms with Crippen molar-refractivity contribution in [2.45, 2.75) is 19.9 Å². The van der Waals surface area contributed by atoms with E-state index < -0.39 is 29.3 Å². The number of amides is 2. The van der Waals surface area contributed by atoms with Gasteiger partial charge < -0.3 is 10.4 Å². The molecule has 0 bridgehead atoms. The summed E-state index contributed by atoms with van der Waals surface area (Å²) in [5.41, 5.74) is 0.816. The van der Waals surface area contributed by atoms with Gasteiger partial charge in [0.05, 0.1) is 11.6 Å². The van der Waals surface area contributed by atoms with Gasteiger partial charge >= 0.3 is 0 Å². The van der Waals surface area contributed by atoms with Gasteiger partial charge in [-0.3, -0.25) is 19.3 Å². The van der Waals surface area contributed by atoms with Crippen LogP contribution < -0.4 is 10.2 Å². The first-order valence-corrected chi connectivity index (χ1v) is 8.21. The van der Waals surface area contributed by atoms with Gasteiger partial charge in [0.25, 0.3) is 5.91 Å². The molecule has 0 aromatic heterocycles. The number of rotatable bonds is 4. The Bertz CT molecular complexity index is 966. The fourth-order valence-corrected chi connectivity index (χ4v) is 3.13. The van der Waals surface area contributed by atoms with E-state index in [2.05, 4.69) is 5.32 Å². The van der Waals surface area contributed by atoms with Gasteiger partial charge in [-0.1, -0.05) is 18.2 Å². The van der Waals surface area contributed by atoms with Crippen molar-refractivity contribution >= 4 is 29.0 Å². The number of hydrogen-bond donors (Lipinski definition) is 2. The molecule has 138 valence electrons. The van der Waals surface area contributed by atoms with Crippen LogP contribution in [0.5, 0.6) is 0 Å². The number of halogens is 1. The van der Waals surface area contributed by atoms with Crippen LogP contribution in [0.2, 0.25) is 0 Å². The molecule has 0 aliphatic carbocycles. The standard InChI is InChI=1S/C20H17FN2O4/c1-11(24)17-18(15-5-3-4-6-16(15)21)23(20(27)19(17)26)14-9-7-13(8-10-14)22-12(2)25/h3-10,18,26H,1-2H3,(H,22,25). The number of anilines is 2. The zero-order valence-corrected chi connectivity index (χ0v) is 14.7. The lowest BCUT2D eigenvalue weighted by molar-refractivity contribution is -0.117. The van der Waals surface area contributed by atoms with Crippen LogP contribution in [0, 0.1) is 5.82 Å². The molecule has 0 radical (unpaired) electrons. The molecular formula is C20H17FN2O4. The molecule has 2 N–H and O–H groups in total. The maximum Gasteiger partial charge on any atom is 0.294 e. The van der Waals surface area contributed by atoms with Gasteiger partial charge in [0, 0.05) is 23.9 Å². The second-order valence-electron chi connectivity index (χ2n) is 6.15. The van der Waals surface area contributed by atoms with E-state index in [-0.39, 0.29) is 17.0 Å². The first-order chi connectivity index (χ1) is 12.8. The zero-order valence-electron chi connectivity index (χ0n) is 14.7. The lowest BCUT2D eigenvalue weighted by Gasteiger charge is -2.27. The van der Waals surface area contributed by atoms with Crippen LogP contribution in [0.25, 0.3) is 0 Å². The van der Waals surface area contributed by atoms with Crippen molar-refractivity contribution in [3.63, 3.8) is 0 Å². The largest absolute Gasteiger partial charge is 0.503 e. The van der Waals surface area contributed by atoms with Gasteiger partial charge in [-0.25, -0.2) is 4.39 Å². The highest BCUT2D eigenvalue weighted by atomic mass is 19.1. The number of Topliss-reactive ketones (excluding diaryl/α,β-unsaturated/α-hetero) is 1. The minimum Gasteiger partial charge on any atom is -0.503 e. The van der Waals surface area contributed by atoms with Gasteiger partial charge in [-0.05, 0) is 37.3 Å². The van der Waals surface area contributed by atoms with E-state index in [1.165, 1.54) is 36.9 Å². The van der Waals surface area contributed by atoms with E-state index in [1.807, 2.05) is 0 Å². The molecule has 27 heavy (non-hydrogen) atoms. The second kappa shape index (κ2) is 7.03. The van der Waals surface area contributed by atoms with E-state index in [0.717, 1.165) is 0 Å². The maximum atomic E-state index is 14.4. The molecule has 1 aliphatic rings. The predicted octanol–water partition coefficient (Wildman–Crippen LogP) is 3.27. The number of aliphatic hydroxyl groups excluding tert-OH is 1. The molecule has 0 fully saturated rings. The lowest BCUT2D eigenvalue weighted by Crippen LogP contribution is -2.31. The average molecular weight is 368 g/mol.